The van der Waals surface area contributed by atoms with Crippen molar-refractivity contribution in [3.63, 3.8) is 0 Å². The molecule has 0 spiro atoms. The second-order valence-corrected chi connectivity index (χ2v) is 4.73. The maximum atomic E-state index is 13.2. The van der Waals surface area contributed by atoms with Crippen LogP contribution in [-0.2, 0) is 6.42 Å². The third kappa shape index (κ3) is 2.10. The SMILES string of the molecule is Cc1cncc(C(=O)N2CCc3cc(F)ccc32)c1. The van der Waals surface area contributed by atoms with Crippen LogP contribution in [0, 0.1) is 12.7 Å². The number of anilines is 1. The molecule has 4 heteroatoms. The molecule has 1 aromatic carbocycles. The molecular formula is C15H13FN2O. The summed E-state index contributed by atoms with van der Waals surface area (Å²) in [6.07, 6.45) is 3.97. The highest BCUT2D eigenvalue weighted by Crippen LogP contribution is 2.29. The minimum absolute atomic E-state index is 0.0819. The fourth-order valence-electron chi connectivity index (χ4n) is 2.41. The fourth-order valence-corrected chi connectivity index (χ4v) is 2.41. The smallest absolute Gasteiger partial charge is 0.259 e. The highest BCUT2D eigenvalue weighted by atomic mass is 19.1. The topological polar surface area (TPSA) is 33.2 Å². The van der Waals surface area contributed by atoms with E-state index in [1.54, 1.807) is 23.4 Å². The van der Waals surface area contributed by atoms with Crippen LogP contribution in [0.2, 0.25) is 0 Å². The first-order valence-electron chi connectivity index (χ1n) is 6.17. The van der Waals surface area contributed by atoms with Crippen LogP contribution < -0.4 is 4.90 Å². The average Bonchev–Trinajstić information content (AvgIpc) is 2.80. The summed E-state index contributed by atoms with van der Waals surface area (Å²) in [5.74, 6) is -0.341. The predicted molar refractivity (Wildman–Crippen MR) is 70.8 cm³/mol. The number of carbonyl (C=O) groups excluding carboxylic acids is 1. The number of hydrogen-bond donors (Lipinski definition) is 0. The molecular weight excluding hydrogens is 243 g/mol. The van der Waals surface area contributed by atoms with Gasteiger partial charge < -0.3 is 4.90 Å². The van der Waals surface area contributed by atoms with Gasteiger partial charge in [0.15, 0.2) is 0 Å². The van der Waals surface area contributed by atoms with Gasteiger partial charge in [-0.2, -0.15) is 0 Å². The highest BCUT2D eigenvalue weighted by Gasteiger charge is 2.25. The molecule has 19 heavy (non-hydrogen) atoms. The first kappa shape index (κ1) is 11.8. The normalized spacial score (nSPS) is 13.5. The second-order valence-electron chi connectivity index (χ2n) is 4.73. The lowest BCUT2D eigenvalue weighted by atomic mass is 10.1. The van der Waals surface area contributed by atoms with Crippen LogP contribution in [0.25, 0.3) is 0 Å². The van der Waals surface area contributed by atoms with E-state index in [-0.39, 0.29) is 11.7 Å². The molecule has 3 rings (SSSR count). The van der Waals surface area contributed by atoms with E-state index in [2.05, 4.69) is 4.98 Å². The van der Waals surface area contributed by atoms with E-state index in [0.29, 0.717) is 18.5 Å². The van der Waals surface area contributed by atoms with Gasteiger partial charge in [0.05, 0.1) is 5.56 Å². The predicted octanol–water partition coefficient (Wildman–Crippen LogP) is 2.73. The fraction of sp³-hybridized carbons (Fsp3) is 0.200. The Morgan fingerprint density at radius 3 is 2.95 bits per heavy atom. The molecule has 0 saturated carbocycles. The standard InChI is InChI=1S/C15H13FN2O/c1-10-6-12(9-17-8-10)15(19)18-5-4-11-7-13(16)2-3-14(11)18/h2-3,6-9H,4-5H2,1H3. The summed E-state index contributed by atoms with van der Waals surface area (Å²) >= 11 is 0. The zero-order valence-corrected chi connectivity index (χ0v) is 10.6. The molecule has 0 bridgehead atoms. The number of nitrogens with zero attached hydrogens (tertiary/aromatic N) is 2. The summed E-state index contributed by atoms with van der Waals surface area (Å²) in [6.45, 7) is 2.49. The third-order valence-corrected chi connectivity index (χ3v) is 3.30. The first-order valence-corrected chi connectivity index (χ1v) is 6.17. The van der Waals surface area contributed by atoms with Gasteiger partial charge in [-0.05, 0) is 48.7 Å². The summed E-state index contributed by atoms with van der Waals surface area (Å²) in [4.78, 5) is 18.2. The number of halogens is 1. The van der Waals surface area contributed by atoms with Gasteiger partial charge in [-0.1, -0.05) is 0 Å². The van der Waals surface area contributed by atoms with E-state index >= 15 is 0 Å². The van der Waals surface area contributed by atoms with Gasteiger partial charge in [-0.25, -0.2) is 4.39 Å². The monoisotopic (exact) mass is 256 g/mol. The maximum absolute atomic E-state index is 13.2. The molecule has 0 radical (unpaired) electrons. The Balaban J connectivity index is 1.95. The van der Waals surface area contributed by atoms with Crippen molar-refractivity contribution in [2.24, 2.45) is 0 Å². The van der Waals surface area contributed by atoms with Gasteiger partial charge in [-0.15, -0.1) is 0 Å². The van der Waals surface area contributed by atoms with E-state index in [1.807, 2.05) is 13.0 Å². The largest absolute Gasteiger partial charge is 0.308 e. The Labute approximate surface area is 110 Å². The maximum Gasteiger partial charge on any atom is 0.259 e. The number of fused-ring (bicyclic) bond motifs is 1. The van der Waals surface area contributed by atoms with Crippen molar-refractivity contribution in [1.82, 2.24) is 4.98 Å². The van der Waals surface area contributed by atoms with Gasteiger partial charge in [0.25, 0.3) is 5.91 Å². The minimum Gasteiger partial charge on any atom is -0.308 e. The van der Waals surface area contributed by atoms with Crippen LogP contribution in [0.1, 0.15) is 21.5 Å². The Morgan fingerprint density at radius 2 is 2.16 bits per heavy atom. The molecule has 1 aromatic heterocycles. The zero-order chi connectivity index (χ0) is 13.4. The Kier molecular flexibility index (Phi) is 2.78. The number of hydrogen-bond acceptors (Lipinski definition) is 2. The Hall–Kier alpha value is -2.23. The van der Waals surface area contributed by atoms with Gasteiger partial charge >= 0.3 is 0 Å². The van der Waals surface area contributed by atoms with Crippen molar-refractivity contribution in [1.29, 1.82) is 0 Å². The van der Waals surface area contributed by atoms with Crippen molar-refractivity contribution < 1.29 is 9.18 Å². The lowest BCUT2D eigenvalue weighted by Gasteiger charge is -2.17. The van der Waals surface area contributed by atoms with Crippen LogP contribution in [-0.4, -0.2) is 17.4 Å². The summed E-state index contributed by atoms with van der Waals surface area (Å²) in [5, 5.41) is 0. The van der Waals surface area contributed by atoms with Crippen molar-refractivity contribution >= 4 is 11.6 Å². The summed E-state index contributed by atoms with van der Waals surface area (Å²) in [5.41, 5.74) is 3.20. The van der Waals surface area contributed by atoms with Crippen LogP contribution in [0.5, 0.6) is 0 Å². The molecule has 0 saturated heterocycles. The van der Waals surface area contributed by atoms with Crippen LogP contribution in [0.15, 0.2) is 36.7 Å². The van der Waals surface area contributed by atoms with Crippen LogP contribution >= 0.6 is 0 Å². The Bertz CT molecular complexity index is 654. The van der Waals surface area contributed by atoms with Crippen molar-refractivity contribution in [3.05, 3.63) is 59.2 Å². The number of amides is 1. The third-order valence-electron chi connectivity index (χ3n) is 3.30. The second kappa shape index (κ2) is 4.46. The molecule has 2 aromatic rings. The van der Waals surface area contributed by atoms with E-state index in [9.17, 15) is 9.18 Å². The average molecular weight is 256 g/mol. The van der Waals surface area contributed by atoms with Gasteiger partial charge in [-0.3, -0.25) is 9.78 Å². The number of benzene rings is 1. The number of pyridine rings is 1. The quantitative estimate of drug-likeness (QED) is 0.786. The highest BCUT2D eigenvalue weighted by molar-refractivity contribution is 6.07. The first-order chi connectivity index (χ1) is 9.15. The molecule has 1 aliphatic rings. The summed E-state index contributed by atoms with van der Waals surface area (Å²) in [7, 11) is 0. The lowest BCUT2D eigenvalue weighted by Crippen LogP contribution is -2.29. The number of aromatic nitrogens is 1. The van der Waals surface area contributed by atoms with Gasteiger partial charge in [0, 0.05) is 24.6 Å². The summed E-state index contributed by atoms with van der Waals surface area (Å²) < 4.78 is 13.2. The summed E-state index contributed by atoms with van der Waals surface area (Å²) in [6, 6.07) is 6.37. The molecule has 1 aliphatic heterocycles. The van der Waals surface area contributed by atoms with Gasteiger partial charge in [0.1, 0.15) is 5.82 Å². The Morgan fingerprint density at radius 1 is 1.32 bits per heavy atom. The number of carbonyl (C=O) groups is 1. The molecule has 0 aliphatic carbocycles. The lowest BCUT2D eigenvalue weighted by molar-refractivity contribution is 0.0989. The minimum atomic E-state index is -0.259. The van der Waals surface area contributed by atoms with E-state index in [0.717, 1.165) is 16.8 Å². The van der Waals surface area contributed by atoms with Crippen molar-refractivity contribution in [2.75, 3.05) is 11.4 Å². The van der Waals surface area contributed by atoms with Gasteiger partial charge in [0.2, 0.25) is 0 Å². The van der Waals surface area contributed by atoms with E-state index in [4.69, 9.17) is 0 Å². The molecule has 0 N–H and O–H groups in total. The van der Waals surface area contributed by atoms with Crippen molar-refractivity contribution in [3.8, 4) is 0 Å². The zero-order valence-electron chi connectivity index (χ0n) is 10.6. The molecule has 0 fully saturated rings. The van der Waals surface area contributed by atoms with E-state index < -0.39 is 0 Å². The van der Waals surface area contributed by atoms with E-state index in [1.165, 1.54) is 12.1 Å². The van der Waals surface area contributed by atoms with Crippen LogP contribution in [0.4, 0.5) is 10.1 Å². The number of aryl methyl sites for hydroxylation is 1. The number of rotatable bonds is 1. The molecule has 1 amide bonds. The molecule has 3 nitrogen and oxygen atoms in total. The van der Waals surface area contributed by atoms with Crippen LogP contribution in [0.3, 0.4) is 0 Å². The molecule has 0 atom stereocenters. The molecule has 0 unspecified atom stereocenters. The molecule has 96 valence electrons. The molecule has 2 heterocycles. The van der Waals surface area contributed by atoms with Crippen molar-refractivity contribution in [2.45, 2.75) is 13.3 Å².